The molecule has 0 saturated heterocycles. The summed E-state index contributed by atoms with van der Waals surface area (Å²) in [6.45, 7) is 9.03. The monoisotopic (exact) mass is 528 g/mol. The van der Waals surface area contributed by atoms with Crippen LogP contribution < -0.4 is 21.1 Å². The number of nitrogens with zero attached hydrogens (tertiary/aromatic N) is 1. The zero-order valence-electron chi connectivity index (χ0n) is 24.4. The molecule has 1 saturated carbocycles. The molecule has 1 atom stereocenters. The Morgan fingerprint density at radius 1 is 1.05 bits per heavy atom. The topological polar surface area (TPSA) is 77.2 Å². The minimum absolute atomic E-state index is 0.149. The lowest BCUT2D eigenvalue weighted by atomic mass is 9.89. The molecule has 3 N–H and O–H groups in total. The van der Waals surface area contributed by atoms with Gasteiger partial charge in [0.2, 0.25) is 0 Å². The molecular weight excluding hydrogens is 484 g/mol. The maximum absolute atomic E-state index is 13.7. The second kappa shape index (κ2) is 12.6. The van der Waals surface area contributed by atoms with E-state index in [1.165, 1.54) is 43.3 Å². The first kappa shape index (κ1) is 28.6. The van der Waals surface area contributed by atoms with Gasteiger partial charge in [0.25, 0.3) is 11.5 Å². The Morgan fingerprint density at radius 3 is 2.49 bits per heavy atom. The highest BCUT2D eigenvalue weighted by atomic mass is 16.1. The van der Waals surface area contributed by atoms with E-state index >= 15 is 0 Å². The van der Waals surface area contributed by atoms with Crippen LogP contribution in [0.2, 0.25) is 0 Å². The van der Waals surface area contributed by atoms with Crippen molar-refractivity contribution in [3.63, 3.8) is 0 Å². The standard InChI is InChI=1S/C33H44N4O2/c1-21-12-13-25(19-34-5)14-15-28(21)26-17-29(24(4)31(18-26)37(6)27-10-8-7-9-11-27)32(38)35-20-30-22(2)16-23(3)36-33(30)39/h12-18,21,27,34H,7-11,19-20H2,1-6H3,(H,35,38)(H,36,39). The SMILES string of the molecule is CNCC1=CC=C(c2cc(C(=O)NCc3c(C)cc(C)[nH]c3=O)c(C)c(N(C)C3CCCCC3)c2)C(C)C=C1. The number of likely N-dealkylation sites (N-methyl/N-ethyl adjacent to an activating group) is 1. The summed E-state index contributed by atoms with van der Waals surface area (Å²) in [5, 5.41) is 6.28. The normalized spacial score (nSPS) is 17.8. The molecule has 1 aromatic heterocycles. The van der Waals surface area contributed by atoms with Gasteiger partial charge < -0.3 is 20.5 Å². The summed E-state index contributed by atoms with van der Waals surface area (Å²) < 4.78 is 0. The predicted octanol–water partition coefficient (Wildman–Crippen LogP) is 5.73. The molecule has 39 heavy (non-hydrogen) atoms. The van der Waals surface area contributed by atoms with E-state index in [1.54, 1.807) is 0 Å². The minimum Gasteiger partial charge on any atom is -0.371 e. The van der Waals surface area contributed by atoms with Crippen LogP contribution in [0.15, 0.2) is 52.9 Å². The minimum atomic E-state index is -0.157. The fourth-order valence-electron chi connectivity index (χ4n) is 5.95. The number of carbonyl (C=O) groups is 1. The molecular formula is C33H44N4O2. The first-order valence-electron chi connectivity index (χ1n) is 14.3. The Balaban J connectivity index is 1.74. The molecule has 208 valence electrons. The quantitative estimate of drug-likeness (QED) is 0.409. The molecule has 0 aliphatic heterocycles. The van der Waals surface area contributed by atoms with Crippen LogP contribution in [0.5, 0.6) is 0 Å². The number of aryl methyl sites for hydroxylation is 2. The Bertz CT molecular complexity index is 1360. The number of hydrogen-bond donors (Lipinski definition) is 3. The van der Waals surface area contributed by atoms with Gasteiger partial charge in [-0.2, -0.15) is 0 Å². The fourth-order valence-corrected chi connectivity index (χ4v) is 5.95. The van der Waals surface area contributed by atoms with Gasteiger partial charge in [-0.05, 0) is 92.6 Å². The highest BCUT2D eigenvalue weighted by Gasteiger charge is 2.24. The first-order chi connectivity index (χ1) is 18.7. The van der Waals surface area contributed by atoms with E-state index in [1.807, 2.05) is 40.0 Å². The molecule has 2 aromatic rings. The van der Waals surface area contributed by atoms with Crippen LogP contribution in [-0.2, 0) is 6.54 Å². The lowest BCUT2D eigenvalue weighted by molar-refractivity contribution is 0.0950. The predicted molar refractivity (Wildman–Crippen MR) is 162 cm³/mol. The number of hydrogen-bond acceptors (Lipinski definition) is 4. The maximum Gasteiger partial charge on any atom is 0.253 e. The molecule has 6 heteroatoms. The summed E-state index contributed by atoms with van der Waals surface area (Å²) in [4.78, 5) is 31.5. The summed E-state index contributed by atoms with van der Waals surface area (Å²) in [5.41, 5.74) is 8.36. The lowest BCUT2D eigenvalue weighted by Gasteiger charge is -2.35. The van der Waals surface area contributed by atoms with Crippen molar-refractivity contribution < 1.29 is 4.79 Å². The number of nitrogens with one attached hydrogen (secondary N) is 3. The van der Waals surface area contributed by atoms with Crippen LogP contribution in [0, 0.1) is 26.7 Å². The number of allylic oxidation sites excluding steroid dienone is 4. The molecule has 2 aliphatic carbocycles. The average molecular weight is 529 g/mol. The fraction of sp³-hybridized carbons (Fsp3) is 0.455. The molecule has 4 rings (SSSR count). The summed E-state index contributed by atoms with van der Waals surface area (Å²) in [7, 11) is 4.13. The Labute approximate surface area is 233 Å². The lowest BCUT2D eigenvalue weighted by Crippen LogP contribution is -2.34. The zero-order valence-corrected chi connectivity index (χ0v) is 24.4. The smallest absolute Gasteiger partial charge is 0.253 e. The molecule has 1 amide bonds. The molecule has 0 spiro atoms. The van der Waals surface area contributed by atoms with Crippen LogP contribution in [-0.4, -0.2) is 37.6 Å². The number of pyridine rings is 1. The summed E-state index contributed by atoms with van der Waals surface area (Å²) >= 11 is 0. The third-order valence-corrected chi connectivity index (χ3v) is 8.33. The third-order valence-electron chi connectivity index (χ3n) is 8.33. The molecule has 6 nitrogen and oxygen atoms in total. The van der Waals surface area contributed by atoms with Crippen molar-refractivity contribution in [3.05, 3.63) is 91.9 Å². The van der Waals surface area contributed by atoms with Gasteiger partial charge in [0, 0.05) is 48.7 Å². The van der Waals surface area contributed by atoms with Gasteiger partial charge in [-0.25, -0.2) is 0 Å². The van der Waals surface area contributed by atoms with Gasteiger partial charge in [-0.3, -0.25) is 9.59 Å². The molecule has 1 aromatic carbocycles. The first-order valence-corrected chi connectivity index (χ1v) is 14.3. The van der Waals surface area contributed by atoms with E-state index in [0.29, 0.717) is 17.2 Å². The van der Waals surface area contributed by atoms with E-state index < -0.39 is 0 Å². The van der Waals surface area contributed by atoms with Crippen molar-refractivity contribution in [1.29, 1.82) is 0 Å². The van der Waals surface area contributed by atoms with E-state index in [9.17, 15) is 9.59 Å². The van der Waals surface area contributed by atoms with Crippen LogP contribution in [0.25, 0.3) is 5.57 Å². The number of carbonyl (C=O) groups excluding carboxylic acids is 1. The number of aromatic amines is 1. The van der Waals surface area contributed by atoms with Gasteiger partial charge >= 0.3 is 0 Å². The second-order valence-electron chi connectivity index (χ2n) is 11.2. The zero-order chi connectivity index (χ0) is 28.1. The van der Waals surface area contributed by atoms with Crippen molar-refractivity contribution in [2.75, 3.05) is 25.5 Å². The van der Waals surface area contributed by atoms with E-state index in [0.717, 1.165) is 34.6 Å². The maximum atomic E-state index is 13.7. The van der Waals surface area contributed by atoms with Crippen LogP contribution in [0.4, 0.5) is 5.69 Å². The van der Waals surface area contributed by atoms with Gasteiger partial charge in [0.15, 0.2) is 0 Å². The van der Waals surface area contributed by atoms with Crippen molar-refractivity contribution in [2.45, 2.75) is 72.4 Å². The Morgan fingerprint density at radius 2 is 1.79 bits per heavy atom. The number of amides is 1. The number of aromatic nitrogens is 1. The van der Waals surface area contributed by atoms with Crippen LogP contribution in [0.1, 0.15) is 77.3 Å². The van der Waals surface area contributed by atoms with Crippen molar-refractivity contribution in [2.24, 2.45) is 5.92 Å². The Hall–Kier alpha value is -3.38. The average Bonchev–Trinajstić information content (AvgIpc) is 3.09. The van der Waals surface area contributed by atoms with Crippen LogP contribution in [0.3, 0.4) is 0 Å². The number of H-pyrrole nitrogens is 1. The number of anilines is 1. The summed E-state index contributed by atoms with van der Waals surface area (Å²) in [6, 6.07) is 6.71. The van der Waals surface area contributed by atoms with Crippen LogP contribution >= 0.6 is 0 Å². The van der Waals surface area contributed by atoms with Gasteiger partial charge in [0.1, 0.15) is 0 Å². The van der Waals surface area contributed by atoms with Gasteiger partial charge in [-0.1, -0.05) is 50.5 Å². The summed E-state index contributed by atoms with van der Waals surface area (Å²) in [6.07, 6.45) is 14.9. The number of rotatable bonds is 8. The van der Waals surface area contributed by atoms with E-state index in [4.69, 9.17) is 0 Å². The molecule has 1 fully saturated rings. The molecule has 2 aliphatic rings. The van der Waals surface area contributed by atoms with E-state index in [-0.39, 0.29) is 23.9 Å². The van der Waals surface area contributed by atoms with Crippen molar-refractivity contribution in [1.82, 2.24) is 15.6 Å². The van der Waals surface area contributed by atoms with Crippen molar-refractivity contribution >= 4 is 17.2 Å². The highest BCUT2D eigenvalue weighted by molar-refractivity contribution is 5.98. The molecule has 1 heterocycles. The highest BCUT2D eigenvalue weighted by Crippen LogP contribution is 2.36. The molecule has 1 unspecified atom stereocenters. The van der Waals surface area contributed by atoms with E-state index in [2.05, 4.69) is 64.9 Å². The largest absolute Gasteiger partial charge is 0.371 e. The van der Waals surface area contributed by atoms with Crippen molar-refractivity contribution in [3.8, 4) is 0 Å². The molecule has 0 bridgehead atoms. The summed E-state index contributed by atoms with van der Waals surface area (Å²) in [5.74, 6) is 0.0478. The van der Waals surface area contributed by atoms with Gasteiger partial charge in [0.05, 0.1) is 0 Å². The Kier molecular flexibility index (Phi) is 9.28. The number of benzene rings is 1. The second-order valence-corrected chi connectivity index (χ2v) is 11.2. The van der Waals surface area contributed by atoms with Gasteiger partial charge in [-0.15, -0.1) is 0 Å². The molecule has 0 radical (unpaired) electrons. The third kappa shape index (κ3) is 6.62.